The topological polar surface area (TPSA) is 52.6 Å². The minimum atomic E-state index is -0.0480. The van der Waals surface area contributed by atoms with Gasteiger partial charge in [0.25, 0.3) is 6.47 Å². The standard InChI is InChI=1S/C13H22O4/c1-11-4-6-12(7-5-11)13(15)17-9-3-2-8-16-10-14/h10-12H,2-9H2,1H3. The van der Waals surface area contributed by atoms with Crippen LogP contribution in [0.5, 0.6) is 0 Å². The van der Waals surface area contributed by atoms with Crippen molar-refractivity contribution in [3.63, 3.8) is 0 Å². The van der Waals surface area contributed by atoms with Gasteiger partial charge in [0.2, 0.25) is 0 Å². The summed E-state index contributed by atoms with van der Waals surface area (Å²) in [5.41, 5.74) is 0. The van der Waals surface area contributed by atoms with Crippen LogP contribution in [-0.2, 0) is 19.1 Å². The van der Waals surface area contributed by atoms with Crippen LogP contribution in [0.25, 0.3) is 0 Å². The molecule has 0 radical (unpaired) electrons. The van der Waals surface area contributed by atoms with Gasteiger partial charge in [-0.3, -0.25) is 9.59 Å². The van der Waals surface area contributed by atoms with E-state index in [-0.39, 0.29) is 11.9 Å². The Kier molecular flexibility index (Phi) is 6.67. The van der Waals surface area contributed by atoms with Gasteiger partial charge in [0, 0.05) is 0 Å². The highest BCUT2D eigenvalue weighted by molar-refractivity contribution is 5.72. The third-order valence-corrected chi connectivity index (χ3v) is 3.32. The molecule has 0 amide bonds. The number of esters is 1. The maximum absolute atomic E-state index is 11.7. The Morgan fingerprint density at radius 2 is 1.82 bits per heavy atom. The number of carbonyl (C=O) groups excluding carboxylic acids is 2. The molecule has 4 nitrogen and oxygen atoms in total. The van der Waals surface area contributed by atoms with E-state index in [1.165, 1.54) is 0 Å². The Balaban J connectivity index is 2.02. The molecule has 0 saturated heterocycles. The van der Waals surface area contributed by atoms with Gasteiger partial charge in [-0.1, -0.05) is 6.92 Å². The molecule has 0 atom stereocenters. The third kappa shape index (κ3) is 5.71. The third-order valence-electron chi connectivity index (χ3n) is 3.32. The monoisotopic (exact) mass is 242 g/mol. The second kappa shape index (κ2) is 8.09. The molecule has 0 aromatic heterocycles. The van der Waals surface area contributed by atoms with Gasteiger partial charge in [-0.15, -0.1) is 0 Å². The van der Waals surface area contributed by atoms with E-state index in [2.05, 4.69) is 11.7 Å². The van der Waals surface area contributed by atoms with Crippen molar-refractivity contribution in [3.8, 4) is 0 Å². The molecule has 1 rings (SSSR count). The van der Waals surface area contributed by atoms with E-state index < -0.39 is 0 Å². The number of hydrogen-bond donors (Lipinski definition) is 0. The fourth-order valence-corrected chi connectivity index (χ4v) is 2.12. The summed E-state index contributed by atoms with van der Waals surface area (Å²) in [6.07, 6.45) is 5.69. The first kappa shape index (κ1) is 14.0. The van der Waals surface area contributed by atoms with Crippen molar-refractivity contribution in [2.45, 2.75) is 45.4 Å². The maximum Gasteiger partial charge on any atom is 0.308 e. The summed E-state index contributed by atoms with van der Waals surface area (Å²) in [6.45, 7) is 3.51. The molecular weight excluding hydrogens is 220 g/mol. The molecule has 0 spiro atoms. The van der Waals surface area contributed by atoms with Crippen molar-refractivity contribution in [2.75, 3.05) is 13.2 Å². The molecule has 0 aliphatic heterocycles. The average molecular weight is 242 g/mol. The molecular formula is C13H22O4. The van der Waals surface area contributed by atoms with Crippen LogP contribution in [0, 0.1) is 11.8 Å². The molecule has 0 aromatic carbocycles. The zero-order chi connectivity index (χ0) is 12.5. The van der Waals surface area contributed by atoms with Crippen LogP contribution in [0.1, 0.15) is 45.4 Å². The fourth-order valence-electron chi connectivity index (χ4n) is 2.12. The normalized spacial score (nSPS) is 24.1. The predicted octanol–water partition coefficient (Wildman–Crippen LogP) is 2.31. The molecule has 0 N–H and O–H groups in total. The summed E-state index contributed by atoms with van der Waals surface area (Å²) in [7, 11) is 0. The van der Waals surface area contributed by atoms with Crippen molar-refractivity contribution < 1.29 is 19.1 Å². The molecule has 98 valence electrons. The molecule has 17 heavy (non-hydrogen) atoms. The van der Waals surface area contributed by atoms with E-state index in [0.29, 0.717) is 19.7 Å². The van der Waals surface area contributed by atoms with Gasteiger partial charge in [0.1, 0.15) is 0 Å². The Morgan fingerprint density at radius 3 is 2.47 bits per heavy atom. The van der Waals surface area contributed by atoms with Gasteiger partial charge >= 0.3 is 5.97 Å². The van der Waals surface area contributed by atoms with Gasteiger partial charge < -0.3 is 9.47 Å². The quantitative estimate of drug-likeness (QED) is 0.390. The van der Waals surface area contributed by atoms with Gasteiger partial charge in [-0.2, -0.15) is 0 Å². The summed E-state index contributed by atoms with van der Waals surface area (Å²) >= 11 is 0. The summed E-state index contributed by atoms with van der Waals surface area (Å²) in [5.74, 6) is 0.810. The first-order chi connectivity index (χ1) is 8.24. The van der Waals surface area contributed by atoms with Crippen molar-refractivity contribution >= 4 is 12.4 Å². The molecule has 0 bridgehead atoms. The van der Waals surface area contributed by atoms with E-state index in [0.717, 1.165) is 44.4 Å². The smallest absolute Gasteiger partial charge is 0.308 e. The summed E-state index contributed by atoms with van der Waals surface area (Å²) in [4.78, 5) is 21.6. The number of unbranched alkanes of at least 4 members (excludes halogenated alkanes) is 1. The highest BCUT2D eigenvalue weighted by Gasteiger charge is 2.25. The zero-order valence-corrected chi connectivity index (χ0v) is 10.5. The van der Waals surface area contributed by atoms with Gasteiger partial charge in [-0.25, -0.2) is 0 Å². The molecule has 0 unspecified atom stereocenters. The first-order valence-electron chi connectivity index (χ1n) is 6.46. The van der Waals surface area contributed by atoms with Gasteiger partial charge in [0.15, 0.2) is 0 Å². The zero-order valence-electron chi connectivity index (χ0n) is 10.5. The van der Waals surface area contributed by atoms with Gasteiger partial charge in [0.05, 0.1) is 19.1 Å². The second-order valence-electron chi connectivity index (χ2n) is 4.80. The van der Waals surface area contributed by atoms with Crippen LogP contribution >= 0.6 is 0 Å². The summed E-state index contributed by atoms with van der Waals surface area (Å²) in [6, 6.07) is 0. The van der Waals surface area contributed by atoms with Crippen LogP contribution in [0.3, 0.4) is 0 Å². The Bertz CT molecular complexity index is 232. The van der Waals surface area contributed by atoms with E-state index in [1.54, 1.807) is 0 Å². The molecule has 4 heteroatoms. The summed E-state index contributed by atoms with van der Waals surface area (Å²) in [5, 5.41) is 0. The molecule has 1 fully saturated rings. The number of rotatable bonds is 7. The molecule has 1 aliphatic rings. The van der Waals surface area contributed by atoms with Crippen molar-refractivity contribution in [2.24, 2.45) is 11.8 Å². The maximum atomic E-state index is 11.7. The van der Waals surface area contributed by atoms with Crippen LogP contribution in [0.2, 0.25) is 0 Å². The van der Waals surface area contributed by atoms with Crippen LogP contribution in [0.4, 0.5) is 0 Å². The minimum Gasteiger partial charge on any atom is -0.468 e. The van der Waals surface area contributed by atoms with E-state index in [1.807, 2.05) is 0 Å². The predicted molar refractivity (Wildman–Crippen MR) is 63.3 cm³/mol. The van der Waals surface area contributed by atoms with Crippen LogP contribution in [0.15, 0.2) is 0 Å². The first-order valence-corrected chi connectivity index (χ1v) is 6.46. The average Bonchev–Trinajstić information content (AvgIpc) is 2.34. The van der Waals surface area contributed by atoms with Crippen LogP contribution in [-0.4, -0.2) is 25.7 Å². The van der Waals surface area contributed by atoms with Crippen molar-refractivity contribution in [1.82, 2.24) is 0 Å². The summed E-state index contributed by atoms with van der Waals surface area (Å²) < 4.78 is 9.76. The molecule has 1 saturated carbocycles. The van der Waals surface area contributed by atoms with Gasteiger partial charge in [-0.05, 0) is 44.4 Å². The lowest BCUT2D eigenvalue weighted by Gasteiger charge is -2.24. The van der Waals surface area contributed by atoms with Crippen molar-refractivity contribution in [3.05, 3.63) is 0 Å². The molecule has 0 aromatic rings. The van der Waals surface area contributed by atoms with Crippen molar-refractivity contribution in [1.29, 1.82) is 0 Å². The lowest BCUT2D eigenvalue weighted by Crippen LogP contribution is -2.23. The number of ether oxygens (including phenoxy) is 2. The second-order valence-corrected chi connectivity index (χ2v) is 4.80. The number of carbonyl (C=O) groups is 2. The fraction of sp³-hybridized carbons (Fsp3) is 0.846. The molecule has 0 heterocycles. The lowest BCUT2D eigenvalue weighted by atomic mass is 9.83. The Labute approximate surface area is 103 Å². The minimum absolute atomic E-state index is 0.0480. The number of hydrogen-bond acceptors (Lipinski definition) is 4. The van der Waals surface area contributed by atoms with E-state index >= 15 is 0 Å². The highest BCUT2D eigenvalue weighted by atomic mass is 16.5. The van der Waals surface area contributed by atoms with E-state index in [4.69, 9.17) is 4.74 Å². The Hall–Kier alpha value is -1.06. The molecule has 1 aliphatic carbocycles. The Morgan fingerprint density at radius 1 is 1.18 bits per heavy atom. The lowest BCUT2D eigenvalue weighted by molar-refractivity contribution is -0.150. The SMILES string of the molecule is CC1CCC(C(=O)OCCCCOC=O)CC1. The largest absolute Gasteiger partial charge is 0.468 e. The van der Waals surface area contributed by atoms with Crippen LogP contribution < -0.4 is 0 Å². The highest BCUT2D eigenvalue weighted by Crippen LogP contribution is 2.28. The van der Waals surface area contributed by atoms with E-state index in [9.17, 15) is 9.59 Å².